The molecule has 0 aliphatic carbocycles. The second-order valence-electron chi connectivity index (χ2n) is 6.23. The second-order valence-corrected chi connectivity index (χ2v) is 6.23. The van der Waals surface area contributed by atoms with Crippen LogP contribution in [0.25, 0.3) is 0 Å². The Balaban J connectivity index is 1.74. The van der Waals surface area contributed by atoms with Gasteiger partial charge in [0, 0.05) is 31.9 Å². The van der Waals surface area contributed by atoms with E-state index in [0.717, 1.165) is 13.1 Å². The van der Waals surface area contributed by atoms with E-state index < -0.39 is 0 Å². The van der Waals surface area contributed by atoms with Gasteiger partial charge in [0.05, 0.1) is 24.8 Å². The molecule has 1 amide bonds. The van der Waals surface area contributed by atoms with Crippen molar-refractivity contribution < 1.29 is 9.53 Å². The third-order valence-electron chi connectivity index (χ3n) is 4.42. The standard InChI is InChI=1S/C19H23N3O3/c1-14-3-2-4-15(11-14)17(22-7-9-25-10-8-22)13-21-19(24)16-5-6-18(23)20-12-16/h2-6,11-12,17H,7-10,13H2,1H3,(H,20,23)(H,21,24). The van der Waals surface area contributed by atoms with Gasteiger partial charge in [-0.2, -0.15) is 0 Å². The molecule has 6 heteroatoms. The van der Waals surface area contributed by atoms with E-state index in [9.17, 15) is 9.59 Å². The summed E-state index contributed by atoms with van der Waals surface area (Å²) in [5.41, 5.74) is 2.61. The SMILES string of the molecule is Cc1cccc(C(CNC(=O)c2ccc(=O)[nH]c2)N2CCOCC2)c1. The summed E-state index contributed by atoms with van der Waals surface area (Å²) in [5, 5.41) is 2.99. The highest BCUT2D eigenvalue weighted by Crippen LogP contribution is 2.22. The van der Waals surface area contributed by atoms with Gasteiger partial charge in [-0.05, 0) is 18.6 Å². The maximum Gasteiger partial charge on any atom is 0.252 e. The predicted octanol–water partition coefficient (Wildman–Crippen LogP) is 1.49. The van der Waals surface area contributed by atoms with Crippen LogP contribution in [-0.2, 0) is 4.74 Å². The van der Waals surface area contributed by atoms with Gasteiger partial charge in [-0.15, -0.1) is 0 Å². The highest BCUT2D eigenvalue weighted by molar-refractivity contribution is 5.93. The molecule has 0 radical (unpaired) electrons. The van der Waals surface area contributed by atoms with Crippen molar-refractivity contribution in [1.29, 1.82) is 0 Å². The smallest absolute Gasteiger partial charge is 0.252 e. The van der Waals surface area contributed by atoms with Gasteiger partial charge < -0.3 is 15.0 Å². The van der Waals surface area contributed by atoms with Gasteiger partial charge in [0.1, 0.15) is 0 Å². The minimum absolute atomic E-state index is 0.0931. The van der Waals surface area contributed by atoms with E-state index in [1.54, 1.807) is 0 Å². The summed E-state index contributed by atoms with van der Waals surface area (Å²) in [6.45, 7) is 5.66. The van der Waals surface area contributed by atoms with Crippen molar-refractivity contribution in [3.8, 4) is 0 Å². The Morgan fingerprint density at radius 2 is 2.08 bits per heavy atom. The number of rotatable bonds is 5. The largest absolute Gasteiger partial charge is 0.379 e. The molecule has 25 heavy (non-hydrogen) atoms. The number of carbonyl (C=O) groups excluding carboxylic acids is 1. The van der Waals surface area contributed by atoms with Gasteiger partial charge in [0.15, 0.2) is 0 Å². The van der Waals surface area contributed by atoms with Crippen LogP contribution in [0.15, 0.2) is 47.4 Å². The van der Waals surface area contributed by atoms with E-state index >= 15 is 0 Å². The minimum atomic E-state index is -0.220. The molecule has 2 heterocycles. The lowest BCUT2D eigenvalue weighted by Crippen LogP contribution is -2.43. The quantitative estimate of drug-likeness (QED) is 0.864. The molecule has 2 aromatic rings. The molecule has 1 unspecified atom stereocenters. The maximum atomic E-state index is 12.4. The number of morpholine rings is 1. The van der Waals surface area contributed by atoms with E-state index in [1.807, 2.05) is 6.07 Å². The fraction of sp³-hybridized carbons (Fsp3) is 0.368. The van der Waals surface area contributed by atoms with E-state index in [-0.39, 0.29) is 17.5 Å². The van der Waals surface area contributed by atoms with Crippen LogP contribution in [-0.4, -0.2) is 48.6 Å². The lowest BCUT2D eigenvalue weighted by molar-refractivity contribution is 0.0162. The number of ether oxygens (including phenoxy) is 1. The second kappa shape index (κ2) is 8.09. The number of pyridine rings is 1. The first-order valence-electron chi connectivity index (χ1n) is 8.49. The van der Waals surface area contributed by atoms with Crippen molar-refractivity contribution >= 4 is 5.91 Å². The van der Waals surface area contributed by atoms with Crippen LogP contribution in [0.4, 0.5) is 0 Å². The van der Waals surface area contributed by atoms with Crippen LogP contribution in [0.3, 0.4) is 0 Å². The zero-order valence-electron chi connectivity index (χ0n) is 14.3. The molecule has 6 nitrogen and oxygen atoms in total. The van der Waals surface area contributed by atoms with Crippen molar-refractivity contribution in [3.05, 3.63) is 69.6 Å². The summed E-state index contributed by atoms with van der Waals surface area (Å²) < 4.78 is 5.45. The summed E-state index contributed by atoms with van der Waals surface area (Å²) in [6.07, 6.45) is 1.44. The van der Waals surface area contributed by atoms with Crippen molar-refractivity contribution in [2.24, 2.45) is 0 Å². The number of aryl methyl sites for hydroxylation is 1. The van der Waals surface area contributed by atoms with Gasteiger partial charge in [0.2, 0.25) is 5.56 Å². The minimum Gasteiger partial charge on any atom is -0.379 e. The van der Waals surface area contributed by atoms with Crippen LogP contribution in [0, 0.1) is 6.92 Å². The first-order chi connectivity index (χ1) is 12.1. The van der Waals surface area contributed by atoms with E-state index in [2.05, 4.69) is 40.3 Å². The van der Waals surface area contributed by atoms with E-state index in [1.165, 1.54) is 29.5 Å². The summed E-state index contributed by atoms with van der Waals surface area (Å²) >= 11 is 0. The van der Waals surface area contributed by atoms with Gasteiger partial charge in [-0.1, -0.05) is 29.8 Å². The number of amides is 1. The third-order valence-corrected chi connectivity index (χ3v) is 4.42. The molecule has 2 N–H and O–H groups in total. The van der Waals surface area contributed by atoms with Gasteiger partial charge >= 0.3 is 0 Å². The Kier molecular flexibility index (Phi) is 5.63. The Hall–Kier alpha value is -2.44. The molecule has 1 aliphatic heterocycles. The lowest BCUT2D eigenvalue weighted by atomic mass is 10.0. The molecule has 1 saturated heterocycles. The lowest BCUT2D eigenvalue weighted by Gasteiger charge is -2.35. The van der Waals surface area contributed by atoms with Crippen molar-refractivity contribution in [1.82, 2.24) is 15.2 Å². The molecule has 0 spiro atoms. The van der Waals surface area contributed by atoms with Crippen molar-refractivity contribution in [3.63, 3.8) is 0 Å². The first kappa shape index (κ1) is 17.4. The van der Waals surface area contributed by atoms with E-state index in [4.69, 9.17) is 4.74 Å². The van der Waals surface area contributed by atoms with Crippen LogP contribution in [0.2, 0.25) is 0 Å². The first-order valence-corrected chi connectivity index (χ1v) is 8.49. The fourth-order valence-corrected chi connectivity index (χ4v) is 3.07. The monoisotopic (exact) mass is 341 g/mol. The molecule has 1 atom stereocenters. The number of nitrogens with zero attached hydrogens (tertiary/aromatic N) is 1. The third kappa shape index (κ3) is 4.55. The molecular weight excluding hydrogens is 318 g/mol. The highest BCUT2D eigenvalue weighted by Gasteiger charge is 2.23. The van der Waals surface area contributed by atoms with Gasteiger partial charge in [-0.3, -0.25) is 14.5 Å². The molecule has 0 saturated carbocycles. The normalized spacial score (nSPS) is 16.4. The average molecular weight is 341 g/mol. The molecule has 3 rings (SSSR count). The Morgan fingerprint density at radius 1 is 1.28 bits per heavy atom. The van der Waals surface area contributed by atoms with Crippen molar-refractivity contribution in [2.45, 2.75) is 13.0 Å². The zero-order chi connectivity index (χ0) is 17.6. The van der Waals surface area contributed by atoms with Crippen LogP contribution in [0.1, 0.15) is 27.5 Å². The van der Waals surface area contributed by atoms with Crippen molar-refractivity contribution in [2.75, 3.05) is 32.8 Å². The Morgan fingerprint density at radius 3 is 2.76 bits per heavy atom. The maximum absolute atomic E-state index is 12.4. The van der Waals surface area contributed by atoms with Gasteiger partial charge in [-0.25, -0.2) is 0 Å². The summed E-state index contributed by atoms with van der Waals surface area (Å²) in [5.74, 6) is -0.192. The Labute approximate surface area is 146 Å². The van der Waals surface area contributed by atoms with Crippen LogP contribution < -0.4 is 10.9 Å². The molecular formula is C19H23N3O3. The zero-order valence-corrected chi connectivity index (χ0v) is 14.3. The summed E-state index contributed by atoms with van der Waals surface area (Å²) in [4.78, 5) is 28.4. The highest BCUT2D eigenvalue weighted by atomic mass is 16.5. The summed E-state index contributed by atoms with van der Waals surface area (Å²) in [6, 6.07) is 11.3. The summed E-state index contributed by atoms with van der Waals surface area (Å²) in [7, 11) is 0. The number of hydrogen-bond donors (Lipinski definition) is 2. The molecule has 1 aliphatic rings. The van der Waals surface area contributed by atoms with Gasteiger partial charge in [0.25, 0.3) is 5.91 Å². The number of aromatic nitrogens is 1. The number of H-pyrrole nitrogens is 1. The molecule has 1 aromatic heterocycles. The molecule has 1 aromatic carbocycles. The fourth-order valence-electron chi connectivity index (χ4n) is 3.07. The predicted molar refractivity (Wildman–Crippen MR) is 95.7 cm³/mol. The number of benzene rings is 1. The molecule has 1 fully saturated rings. The number of carbonyl (C=O) groups is 1. The average Bonchev–Trinajstić information content (AvgIpc) is 2.63. The molecule has 0 bridgehead atoms. The van der Waals surface area contributed by atoms with Crippen LogP contribution >= 0.6 is 0 Å². The number of hydrogen-bond acceptors (Lipinski definition) is 4. The topological polar surface area (TPSA) is 74.4 Å². The van der Waals surface area contributed by atoms with Crippen LogP contribution in [0.5, 0.6) is 0 Å². The molecule has 132 valence electrons. The Bertz CT molecular complexity index is 761. The number of nitrogens with one attached hydrogen (secondary N) is 2. The van der Waals surface area contributed by atoms with E-state index in [0.29, 0.717) is 25.3 Å². The number of aromatic amines is 1.